The third kappa shape index (κ3) is 7.79. The lowest BCUT2D eigenvalue weighted by Gasteiger charge is -2.35. The lowest BCUT2D eigenvalue weighted by Crippen LogP contribution is -2.38. The molecule has 1 aliphatic rings. The molecule has 0 bridgehead atoms. The SMILES string of the molecule is CCC(CC(CC(C)(C)C(=O)OC1(CC)CCCC1)c1ccc(N(c2ccccc2)c2ccccc2)cc1)c1ccc(O)cc1. The number of nitrogens with zero attached hydrogens (tertiary/aromatic N) is 1. The van der Waals surface area contributed by atoms with E-state index in [2.05, 4.69) is 105 Å². The highest BCUT2D eigenvalue weighted by molar-refractivity contribution is 5.77. The van der Waals surface area contributed by atoms with Crippen molar-refractivity contribution in [1.82, 2.24) is 0 Å². The quantitative estimate of drug-likeness (QED) is 0.154. The molecule has 4 aromatic rings. The Bertz CT molecular complexity index is 1450. The summed E-state index contributed by atoms with van der Waals surface area (Å²) in [6.45, 7) is 8.49. The van der Waals surface area contributed by atoms with E-state index in [1.54, 1.807) is 12.1 Å². The molecular weight excluding hydrogens is 554 g/mol. The Morgan fingerprint density at radius 1 is 0.756 bits per heavy atom. The molecule has 5 rings (SSSR count). The Labute approximate surface area is 270 Å². The molecule has 0 radical (unpaired) electrons. The largest absolute Gasteiger partial charge is 0.508 e. The second kappa shape index (κ2) is 14.4. The topological polar surface area (TPSA) is 49.8 Å². The van der Waals surface area contributed by atoms with Crippen LogP contribution in [-0.4, -0.2) is 16.7 Å². The molecule has 1 fully saturated rings. The fraction of sp³-hybridized carbons (Fsp3) is 0.390. The molecule has 1 aliphatic carbocycles. The predicted octanol–water partition coefficient (Wildman–Crippen LogP) is 11.2. The molecule has 4 aromatic carbocycles. The normalized spacial score (nSPS) is 15.7. The summed E-state index contributed by atoms with van der Waals surface area (Å²) in [5.41, 5.74) is 4.80. The molecule has 1 N–H and O–H groups in total. The van der Waals surface area contributed by atoms with Crippen molar-refractivity contribution in [3.8, 4) is 5.75 Å². The molecule has 1 saturated carbocycles. The second-order valence-electron chi connectivity index (χ2n) is 13.4. The molecule has 0 amide bonds. The molecule has 45 heavy (non-hydrogen) atoms. The van der Waals surface area contributed by atoms with E-state index in [1.165, 1.54) is 11.1 Å². The summed E-state index contributed by atoms with van der Waals surface area (Å²) in [4.78, 5) is 16.1. The Hall–Kier alpha value is -4.05. The van der Waals surface area contributed by atoms with E-state index < -0.39 is 5.41 Å². The van der Waals surface area contributed by atoms with Gasteiger partial charge in [0.05, 0.1) is 5.41 Å². The summed E-state index contributed by atoms with van der Waals surface area (Å²) in [7, 11) is 0. The molecule has 4 nitrogen and oxygen atoms in total. The van der Waals surface area contributed by atoms with Crippen molar-refractivity contribution in [3.63, 3.8) is 0 Å². The number of carbonyl (C=O) groups excluding carboxylic acids is 1. The van der Waals surface area contributed by atoms with E-state index in [1.807, 2.05) is 24.3 Å². The van der Waals surface area contributed by atoms with Gasteiger partial charge in [-0.15, -0.1) is 0 Å². The van der Waals surface area contributed by atoms with Crippen molar-refractivity contribution in [3.05, 3.63) is 120 Å². The van der Waals surface area contributed by atoms with Crippen LogP contribution < -0.4 is 4.90 Å². The first kappa shape index (κ1) is 32.3. The Balaban J connectivity index is 1.46. The monoisotopic (exact) mass is 603 g/mol. The zero-order valence-electron chi connectivity index (χ0n) is 27.4. The maximum atomic E-state index is 13.8. The maximum Gasteiger partial charge on any atom is 0.312 e. The highest BCUT2D eigenvalue weighted by Crippen LogP contribution is 2.44. The van der Waals surface area contributed by atoms with Crippen molar-refractivity contribution >= 4 is 23.0 Å². The van der Waals surface area contributed by atoms with Gasteiger partial charge in [0.15, 0.2) is 0 Å². The average Bonchev–Trinajstić information content (AvgIpc) is 3.54. The third-order valence-electron chi connectivity index (χ3n) is 9.86. The van der Waals surface area contributed by atoms with Crippen LogP contribution in [-0.2, 0) is 9.53 Å². The molecule has 4 heteroatoms. The lowest BCUT2D eigenvalue weighted by molar-refractivity contribution is -0.171. The molecule has 0 spiro atoms. The van der Waals surface area contributed by atoms with Crippen LogP contribution in [0, 0.1) is 5.41 Å². The highest BCUT2D eigenvalue weighted by Gasteiger charge is 2.41. The lowest BCUT2D eigenvalue weighted by atomic mass is 9.74. The van der Waals surface area contributed by atoms with E-state index >= 15 is 0 Å². The van der Waals surface area contributed by atoms with Gasteiger partial charge in [0, 0.05) is 17.1 Å². The first-order valence-corrected chi connectivity index (χ1v) is 16.8. The molecule has 0 saturated heterocycles. The Morgan fingerprint density at radius 3 is 1.76 bits per heavy atom. The first-order chi connectivity index (χ1) is 21.7. The van der Waals surface area contributed by atoms with Crippen LogP contribution >= 0.6 is 0 Å². The zero-order chi connectivity index (χ0) is 31.9. The second-order valence-corrected chi connectivity index (χ2v) is 13.4. The Morgan fingerprint density at radius 2 is 1.24 bits per heavy atom. The van der Waals surface area contributed by atoms with E-state index in [-0.39, 0.29) is 23.2 Å². The van der Waals surface area contributed by atoms with Gasteiger partial charge >= 0.3 is 5.97 Å². The molecular formula is C41H49NO3. The van der Waals surface area contributed by atoms with Crippen LogP contribution in [0.15, 0.2) is 109 Å². The van der Waals surface area contributed by atoms with E-state index in [4.69, 9.17) is 4.74 Å². The number of phenolic OH excluding ortho intramolecular Hbond substituents is 1. The van der Waals surface area contributed by atoms with Gasteiger partial charge < -0.3 is 14.7 Å². The van der Waals surface area contributed by atoms with Crippen LogP contribution in [0.1, 0.15) is 102 Å². The summed E-state index contributed by atoms with van der Waals surface area (Å²) < 4.78 is 6.35. The molecule has 236 valence electrons. The number of hydrogen-bond acceptors (Lipinski definition) is 4. The fourth-order valence-corrected chi connectivity index (χ4v) is 7.04. The van der Waals surface area contributed by atoms with Gasteiger partial charge in [-0.1, -0.05) is 74.5 Å². The average molecular weight is 604 g/mol. The van der Waals surface area contributed by atoms with Crippen molar-refractivity contribution in [1.29, 1.82) is 0 Å². The van der Waals surface area contributed by atoms with Gasteiger partial charge in [-0.05, 0) is 137 Å². The highest BCUT2D eigenvalue weighted by atomic mass is 16.6. The van der Waals surface area contributed by atoms with E-state index in [9.17, 15) is 9.90 Å². The number of phenols is 1. The van der Waals surface area contributed by atoms with Gasteiger partial charge in [-0.25, -0.2) is 0 Å². The minimum absolute atomic E-state index is 0.0788. The van der Waals surface area contributed by atoms with Crippen LogP contribution in [0.5, 0.6) is 5.75 Å². The smallest absolute Gasteiger partial charge is 0.312 e. The van der Waals surface area contributed by atoms with Crippen molar-refractivity contribution < 1.29 is 14.6 Å². The summed E-state index contributed by atoms with van der Waals surface area (Å²) in [5, 5.41) is 9.92. The molecule has 2 atom stereocenters. The van der Waals surface area contributed by atoms with Gasteiger partial charge in [-0.3, -0.25) is 4.79 Å². The Kier molecular flexibility index (Phi) is 10.3. The van der Waals surface area contributed by atoms with Crippen molar-refractivity contribution in [2.45, 2.75) is 96.5 Å². The molecule has 0 aromatic heterocycles. The number of anilines is 3. The van der Waals surface area contributed by atoms with Crippen LogP contribution in [0.2, 0.25) is 0 Å². The number of benzene rings is 4. The third-order valence-corrected chi connectivity index (χ3v) is 9.86. The van der Waals surface area contributed by atoms with E-state index in [0.29, 0.717) is 12.3 Å². The van der Waals surface area contributed by atoms with E-state index in [0.717, 1.165) is 62.0 Å². The number of carbonyl (C=O) groups is 1. The van der Waals surface area contributed by atoms with Crippen molar-refractivity contribution in [2.24, 2.45) is 5.41 Å². The zero-order valence-corrected chi connectivity index (χ0v) is 27.4. The van der Waals surface area contributed by atoms with Gasteiger partial charge in [-0.2, -0.15) is 0 Å². The van der Waals surface area contributed by atoms with Gasteiger partial charge in [0.2, 0.25) is 0 Å². The molecule has 2 unspecified atom stereocenters. The predicted molar refractivity (Wildman–Crippen MR) is 186 cm³/mol. The van der Waals surface area contributed by atoms with Crippen LogP contribution in [0.3, 0.4) is 0 Å². The number of para-hydroxylation sites is 2. The van der Waals surface area contributed by atoms with Gasteiger partial charge in [0.25, 0.3) is 0 Å². The summed E-state index contributed by atoms with van der Waals surface area (Å²) in [5.74, 6) is 0.639. The molecule has 0 heterocycles. The summed E-state index contributed by atoms with van der Waals surface area (Å²) >= 11 is 0. The first-order valence-electron chi connectivity index (χ1n) is 16.8. The summed E-state index contributed by atoms with van der Waals surface area (Å²) in [6, 6.07) is 37.4. The maximum absolute atomic E-state index is 13.8. The minimum Gasteiger partial charge on any atom is -0.508 e. The number of aromatic hydroxyl groups is 1. The fourth-order valence-electron chi connectivity index (χ4n) is 7.04. The van der Waals surface area contributed by atoms with Gasteiger partial charge in [0.1, 0.15) is 11.4 Å². The van der Waals surface area contributed by atoms with Crippen molar-refractivity contribution in [2.75, 3.05) is 4.90 Å². The number of ether oxygens (including phenoxy) is 1. The van der Waals surface area contributed by atoms with Crippen LogP contribution in [0.25, 0.3) is 0 Å². The minimum atomic E-state index is -0.637. The number of hydrogen-bond donors (Lipinski definition) is 1. The summed E-state index contributed by atoms with van der Waals surface area (Å²) in [6.07, 6.45) is 7.63. The molecule has 0 aliphatic heterocycles. The van der Waals surface area contributed by atoms with Crippen LogP contribution in [0.4, 0.5) is 17.1 Å². The number of esters is 1. The standard InChI is InChI=1S/C41H49NO3/c1-5-31(32-21-25-38(43)26-22-32)29-34(30-40(3,4)39(44)45-41(6-2)27-13-14-28-41)33-19-23-37(24-20-33)42(35-15-9-7-10-16-35)36-17-11-8-12-18-36/h7-12,15-26,31,34,43H,5-6,13-14,27-30H2,1-4H3. The number of rotatable bonds is 13.